The Morgan fingerprint density at radius 1 is 1.00 bits per heavy atom. The zero-order valence-corrected chi connectivity index (χ0v) is 15.1. The van der Waals surface area contributed by atoms with E-state index < -0.39 is 18.1 Å². The number of hydrogen-bond acceptors (Lipinski definition) is 3. The van der Waals surface area contributed by atoms with Gasteiger partial charge in [0.2, 0.25) is 0 Å². The van der Waals surface area contributed by atoms with E-state index in [0.717, 1.165) is 47.9 Å². The topological polar surface area (TPSA) is 75.6 Å². The average Bonchev–Trinajstić information content (AvgIpc) is 3.31. The maximum atomic E-state index is 12.3. The molecule has 0 aliphatic heterocycles. The maximum absolute atomic E-state index is 12.3. The summed E-state index contributed by atoms with van der Waals surface area (Å²) in [6, 6.07) is 15.4. The minimum Gasteiger partial charge on any atom is -0.480 e. The molecule has 0 unspecified atom stereocenters. The number of carboxylic acid groups (broad SMARTS) is 1. The van der Waals surface area contributed by atoms with Crippen molar-refractivity contribution in [1.82, 2.24) is 5.32 Å². The van der Waals surface area contributed by atoms with Crippen LogP contribution in [0.25, 0.3) is 11.1 Å². The van der Waals surface area contributed by atoms with Gasteiger partial charge in [0.25, 0.3) is 0 Å². The number of carboxylic acids is 1. The molecule has 1 saturated carbocycles. The number of carbonyl (C=O) groups is 2. The first-order valence-corrected chi connectivity index (χ1v) is 9.49. The van der Waals surface area contributed by atoms with Crippen LogP contribution in [-0.4, -0.2) is 29.8 Å². The van der Waals surface area contributed by atoms with Gasteiger partial charge in [-0.25, -0.2) is 9.59 Å². The molecule has 1 atom stereocenters. The van der Waals surface area contributed by atoms with Crippen molar-refractivity contribution >= 4 is 12.1 Å². The lowest BCUT2D eigenvalue weighted by Crippen LogP contribution is -2.45. The number of hydrogen-bond donors (Lipinski definition) is 2. The van der Waals surface area contributed by atoms with Crippen LogP contribution in [0.15, 0.2) is 48.5 Å². The van der Waals surface area contributed by atoms with Gasteiger partial charge < -0.3 is 15.2 Å². The summed E-state index contributed by atoms with van der Waals surface area (Å²) in [6.45, 7) is 0.191. The van der Waals surface area contributed by atoms with Crippen LogP contribution in [-0.2, 0) is 9.53 Å². The van der Waals surface area contributed by atoms with Crippen molar-refractivity contribution in [1.29, 1.82) is 0 Å². The number of nitrogens with one attached hydrogen (secondary N) is 1. The SMILES string of the molecule is O=C(N[C@H](C(=O)O)C1CCCC1)OCC1c2ccccc2-c2ccccc21. The molecule has 2 aliphatic rings. The summed E-state index contributed by atoms with van der Waals surface area (Å²) < 4.78 is 5.47. The number of benzene rings is 2. The van der Waals surface area contributed by atoms with E-state index in [0.29, 0.717) is 0 Å². The molecule has 0 aromatic heterocycles. The average molecular weight is 365 g/mol. The molecule has 5 nitrogen and oxygen atoms in total. The molecule has 2 aromatic rings. The molecule has 1 amide bonds. The second-order valence-corrected chi connectivity index (χ2v) is 7.33. The van der Waals surface area contributed by atoms with Crippen LogP contribution in [0, 0.1) is 5.92 Å². The van der Waals surface area contributed by atoms with Gasteiger partial charge in [-0.2, -0.15) is 0 Å². The third-order valence-corrected chi connectivity index (χ3v) is 5.75. The first kappa shape index (κ1) is 17.6. The Balaban J connectivity index is 1.45. The molecule has 0 saturated heterocycles. The molecule has 5 heteroatoms. The van der Waals surface area contributed by atoms with E-state index in [1.165, 1.54) is 0 Å². The number of rotatable bonds is 5. The number of amides is 1. The Kier molecular flexibility index (Phi) is 4.84. The molecule has 2 aromatic carbocycles. The molecule has 1 fully saturated rings. The van der Waals surface area contributed by atoms with Crippen LogP contribution in [0.5, 0.6) is 0 Å². The fraction of sp³-hybridized carbons (Fsp3) is 0.364. The highest BCUT2D eigenvalue weighted by Gasteiger charge is 2.33. The third-order valence-electron chi connectivity index (χ3n) is 5.75. The number of fused-ring (bicyclic) bond motifs is 3. The highest BCUT2D eigenvalue weighted by molar-refractivity contribution is 5.81. The van der Waals surface area contributed by atoms with Gasteiger partial charge in [-0.1, -0.05) is 61.4 Å². The molecular formula is C22H23NO4. The van der Waals surface area contributed by atoms with E-state index in [-0.39, 0.29) is 18.4 Å². The predicted molar refractivity (Wildman–Crippen MR) is 102 cm³/mol. The second kappa shape index (κ2) is 7.43. The molecule has 4 rings (SSSR count). The highest BCUT2D eigenvalue weighted by atomic mass is 16.5. The van der Waals surface area contributed by atoms with Gasteiger partial charge in [0.05, 0.1) is 0 Å². The van der Waals surface area contributed by atoms with Crippen LogP contribution in [0.4, 0.5) is 4.79 Å². The van der Waals surface area contributed by atoms with Crippen molar-refractivity contribution in [3.8, 4) is 11.1 Å². The van der Waals surface area contributed by atoms with Crippen LogP contribution in [0.2, 0.25) is 0 Å². The van der Waals surface area contributed by atoms with Crippen LogP contribution in [0.1, 0.15) is 42.7 Å². The molecule has 27 heavy (non-hydrogen) atoms. The van der Waals surface area contributed by atoms with E-state index in [1.54, 1.807) is 0 Å². The van der Waals surface area contributed by atoms with Crippen molar-refractivity contribution < 1.29 is 19.4 Å². The standard InChI is InChI=1S/C22H23NO4/c24-21(25)20(14-7-1-2-8-14)23-22(26)27-13-19-17-11-5-3-9-15(17)16-10-4-6-12-18(16)19/h3-6,9-12,14,19-20H,1-2,7-8,13H2,(H,23,26)(H,24,25)/t20-/m0/s1. The highest BCUT2D eigenvalue weighted by Crippen LogP contribution is 2.44. The fourth-order valence-corrected chi connectivity index (χ4v) is 4.44. The van der Waals surface area contributed by atoms with Crippen molar-refractivity contribution in [3.05, 3.63) is 59.7 Å². The van der Waals surface area contributed by atoms with E-state index >= 15 is 0 Å². The summed E-state index contributed by atoms with van der Waals surface area (Å²) in [7, 11) is 0. The largest absolute Gasteiger partial charge is 0.480 e. The van der Waals surface area contributed by atoms with Gasteiger partial charge in [-0.05, 0) is 41.0 Å². The summed E-state index contributed by atoms with van der Waals surface area (Å²) in [5.74, 6) is -1.03. The predicted octanol–water partition coefficient (Wildman–Crippen LogP) is 4.17. The maximum Gasteiger partial charge on any atom is 0.407 e. The molecule has 0 radical (unpaired) electrons. The minimum absolute atomic E-state index is 0.0111. The number of ether oxygens (including phenoxy) is 1. The first-order valence-electron chi connectivity index (χ1n) is 9.49. The van der Waals surface area contributed by atoms with Crippen molar-refractivity contribution in [2.24, 2.45) is 5.92 Å². The lowest BCUT2D eigenvalue weighted by Gasteiger charge is -2.21. The summed E-state index contributed by atoms with van der Waals surface area (Å²) in [6.07, 6.45) is 3.04. The summed E-state index contributed by atoms with van der Waals surface area (Å²) >= 11 is 0. The summed E-state index contributed by atoms with van der Waals surface area (Å²) in [5.41, 5.74) is 4.60. The van der Waals surface area contributed by atoms with Crippen LogP contribution in [0.3, 0.4) is 0 Å². The minimum atomic E-state index is -0.990. The summed E-state index contributed by atoms with van der Waals surface area (Å²) in [5, 5.41) is 12.0. The van der Waals surface area contributed by atoms with E-state index in [4.69, 9.17) is 4.74 Å². The molecule has 2 aliphatic carbocycles. The Morgan fingerprint density at radius 2 is 1.56 bits per heavy atom. The van der Waals surface area contributed by atoms with Gasteiger partial charge in [0.1, 0.15) is 12.6 Å². The third kappa shape index (κ3) is 3.42. The Hall–Kier alpha value is -2.82. The summed E-state index contributed by atoms with van der Waals surface area (Å²) in [4.78, 5) is 23.8. The monoisotopic (exact) mass is 365 g/mol. The molecule has 140 valence electrons. The quantitative estimate of drug-likeness (QED) is 0.834. The first-order chi connectivity index (χ1) is 13.1. The number of carbonyl (C=O) groups excluding carboxylic acids is 1. The van der Waals surface area contributed by atoms with Crippen molar-refractivity contribution in [2.75, 3.05) is 6.61 Å². The van der Waals surface area contributed by atoms with E-state index in [1.807, 2.05) is 24.3 Å². The molecule has 2 N–H and O–H groups in total. The fourth-order valence-electron chi connectivity index (χ4n) is 4.44. The van der Waals surface area contributed by atoms with Gasteiger partial charge in [-0.3, -0.25) is 0 Å². The zero-order valence-electron chi connectivity index (χ0n) is 15.1. The van der Waals surface area contributed by atoms with Gasteiger partial charge >= 0.3 is 12.1 Å². The number of alkyl carbamates (subject to hydrolysis) is 1. The van der Waals surface area contributed by atoms with E-state index in [2.05, 4.69) is 29.6 Å². The normalized spacial score (nSPS) is 17.2. The lowest BCUT2D eigenvalue weighted by molar-refractivity contribution is -0.140. The smallest absolute Gasteiger partial charge is 0.407 e. The Bertz CT molecular complexity index is 811. The molecule has 0 spiro atoms. The van der Waals surface area contributed by atoms with E-state index in [9.17, 15) is 14.7 Å². The number of aliphatic carboxylic acids is 1. The Morgan fingerprint density at radius 3 is 2.11 bits per heavy atom. The van der Waals surface area contributed by atoms with Gasteiger partial charge in [-0.15, -0.1) is 0 Å². The zero-order chi connectivity index (χ0) is 18.8. The van der Waals surface area contributed by atoms with Crippen molar-refractivity contribution in [3.63, 3.8) is 0 Å². The van der Waals surface area contributed by atoms with Crippen molar-refractivity contribution in [2.45, 2.75) is 37.6 Å². The Labute approximate surface area is 158 Å². The van der Waals surface area contributed by atoms with Gasteiger partial charge in [0, 0.05) is 5.92 Å². The van der Waals surface area contributed by atoms with Gasteiger partial charge in [0.15, 0.2) is 0 Å². The molecule has 0 heterocycles. The molecule has 0 bridgehead atoms. The lowest BCUT2D eigenvalue weighted by atomic mass is 9.98. The van der Waals surface area contributed by atoms with Crippen LogP contribution >= 0.6 is 0 Å². The second-order valence-electron chi connectivity index (χ2n) is 7.33. The molecular weight excluding hydrogens is 342 g/mol. The van der Waals surface area contributed by atoms with Crippen LogP contribution < -0.4 is 5.32 Å².